The Morgan fingerprint density at radius 2 is 1.97 bits per heavy atom. The van der Waals surface area contributed by atoms with Crippen LogP contribution in [0.25, 0.3) is 22.9 Å². The average Bonchev–Trinajstić information content (AvgIpc) is 3.53. The minimum Gasteiger partial charge on any atom is -0.495 e. The van der Waals surface area contributed by atoms with E-state index in [1.54, 1.807) is 25.6 Å². The first-order valence-corrected chi connectivity index (χ1v) is 9.87. The predicted octanol–water partition coefficient (Wildman–Crippen LogP) is 4.50. The summed E-state index contributed by atoms with van der Waals surface area (Å²) in [5.74, 6) is 0.986. The molecule has 0 atom stereocenters. The van der Waals surface area contributed by atoms with Crippen molar-refractivity contribution >= 4 is 5.78 Å². The SMILES string of the molecule is COc1cc(Cc2nc3nc(C(F)(F)F)cc(-c4ccco4)n3n2)ccc1-n1cnc(C)c1. The van der Waals surface area contributed by atoms with E-state index in [4.69, 9.17) is 9.15 Å². The number of benzene rings is 1. The lowest BCUT2D eigenvalue weighted by Gasteiger charge is -2.10. The average molecular weight is 454 g/mol. The molecule has 8 nitrogen and oxygen atoms in total. The summed E-state index contributed by atoms with van der Waals surface area (Å²) in [4.78, 5) is 12.1. The number of fused-ring (bicyclic) bond motifs is 1. The molecule has 0 radical (unpaired) electrons. The van der Waals surface area contributed by atoms with E-state index in [0.717, 1.165) is 23.0 Å². The maximum atomic E-state index is 13.4. The second-order valence-corrected chi connectivity index (χ2v) is 7.35. The fraction of sp³-hybridized carbons (Fsp3) is 0.182. The van der Waals surface area contributed by atoms with Gasteiger partial charge in [-0.25, -0.2) is 9.97 Å². The van der Waals surface area contributed by atoms with Crippen LogP contribution in [0.1, 0.15) is 22.8 Å². The lowest BCUT2D eigenvalue weighted by molar-refractivity contribution is -0.141. The van der Waals surface area contributed by atoms with Gasteiger partial charge in [0.1, 0.15) is 11.4 Å². The van der Waals surface area contributed by atoms with Crippen LogP contribution in [0.2, 0.25) is 0 Å². The summed E-state index contributed by atoms with van der Waals surface area (Å²) >= 11 is 0. The number of furan rings is 1. The van der Waals surface area contributed by atoms with Gasteiger partial charge in [0.25, 0.3) is 5.78 Å². The van der Waals surface area contributed by atoms with Crippen LogP contribution in [-0.2, 0) is 12.6 Å². The van der Waals surface area contributed by atoms with Crippen LogP contribution in [0.3, 0.4) is 0 Å². The van der Waals surface area contributed by atoms with Crippen LogP contribution in [0, 0.1) is 6.92 Å². The highest BCUT2D eigenvalue weighted by Crippen LogP contribution is 2.32. The zero-order valence-electron chi connectivity index (χ0n) is 17.5. The van der Waals surface area contributed by atoms with Crippen molar-refractivity contribution in [2.45, 2.75) is 19.5 Å². The Morgan fingerprint density at radius 1 is 1.12 bits per heavy atom. The molecule has 0 N–H and O–H groups in total. The lowest BCUT2D eigenvalue weighted by Crippen LogP contribution is -2.10. The third-order valence-electron chi connectivity index (χ3n) is 5.02. The van der Waals surface area contributed by atoms with E-state index in [9.17, 15) is 13.2 Å². The number of imidazole rings is 1. The maximum absolute atomic E-state index is 13.4. The highest BCUT2D eigenvalue weighted by Gasteiger charge is 2.34. The summed E-state index contributed by atoms with van der Waals surface area (Å²) < 4.78 is 54.1. The van der Waals surface area contributed by atoms with Gasteiger partial charge in [0.15, 0.2) is 17.3 Å². The molecule has 0 aliphatic carbocycles. The summed E-state index contributed by atoms with van der Waals surface area (Å²) in [5.41, 5.74) is 1.54. The van der Waals surface area contributed by atoms with Gasteiger partial charge in [0.05, 0.1) is 31.1 Å². The fourth-order valence-electron chi connectivity index (χ4n) is 3.51. The number of ether oxygens (including phenoxy) is 1. The van der Waals surface area contributed by atoms with Crippen LogP contribution < -0.4 is 4.74 Å². The second kappa shape index (κ2) is 7.76. The highest BCUT2D eigenvalue weighted by atomic mass is 19.4. The van der Waals surface area contributed by atoms with Crippen molar-refractivity contribution < 1.29 is 22.3 Å². The van der Waals surface area contributed by atoms with Gasteiger partial charge in [-0.3, -0.25) is 0 Å². The summed E-state index contributed by atoms with van der Waals surface area (Å²) in [5, 5.41) is 4.39. The van der Waals surface area contributed by atoms with Crippen molar-refractivity contribution in [2.75, 3.05) is 7.11 Å². The van der Waals surface area contributed by atoms with Crippen LogP contribution in [0.15, 0.2) is 59.6 Å². The van der Waals surface area contributed by atoms with Crippen LogP contribution in [0.5, 0.6) is 5.75 Å². The topological polar surface area (TPSA) is 83.3 Å². The quantitative estimate of drug-likeness (QED) is 0.389. The first-order valence-electron chi connectivity index (χ1n) is 9.87. The Kier molecular flexibility index (Phi) is 4.88. The molecule has 0 aliphatic rings. The molecule has 0 aliphatic heterocycles. The first-order chi connectivity index (χ1) is 15.8. The van der Waals surface area contributed by atoms with Crippen LogP contribution in [-0.4, -0.2) is 36.2 Å². The molecule has 0 saturated carbocycles. The van der Waals surface area contributed by atoms with E-state index in [0.29, 0.717) is 11.6 Å². The molecule has 0 amide bonds. The Bertz CT molecular complexity index is 1440. The number of halogens is 3. The Balaban J connectivity index is 1.54. The van der Waals surface area contributed by atoms with Gasteiger partial charge in [-0.15, -0.1) is 5.10 Å². The van der Waals surface area contributed by atoms with Crippen molar-refractivity contribution in [3.05, 3.63) is 78.0 Å². The maximum Gasteiger partial charge on any atom is 0.433 e. The van der Waals surface area contributed by atoms with Crippen molar-refractivity contribution in [3.8, 4) is 22.9 Å². The van der Waals surface area contributed by atoms with E-state index in [1.807, 2.05) is 35.9 Å². The van der Waals surface area contributed by atoms with Gasteiger partial charge in [-0.2, -0.15) is 22.7 Å². The smallest absolute Gasteiger partial charge is 0.433 e. The molecular weight excluding hydrogens is 437 g/mol. The number of methoxy groups -OCH3 is 1. The molecule has 0 fully saturated rings. The number of hydrogen-bond donors (Lipinski definition) is 0. The summed E-state index contributed by atoms with van der Waals surface area (Å²) in [7, 11) is 1.56. The van der Waals surface area contributed by atoms with E-state index < -0.39 is 11.9 Å². The molecule has 5 aromatic rings. The number of alkyl halides is 3. The Morgan fingerprint density at radius 3 is 2.64 bits per heavy atom. The molecular formula is C22H17F3N6O2. The number of nitrogens with zero attached hydrogens (tertiary/aromatic N) is 6. The van der Waals surface area contributed by atoms with Gasteiger partial charge >= 0.3 is 6.18 Å². The van der Waals surface area contributed by atoms with E-state index in [2.05, 4.69) is 20.1 Å². The summed E-state index contributed by atoms with van der Waals surface area (Å²) in [6, 6.07) is 9.62. The number of rotatable bonds is 5. The zero-order chi connectivity index (χ0) is 23.2. The Hall–Kier alpha value is -4.15. The van der Waals surface area contributed by atoms with Gasteiger partial charge in [0.2, 0.25) is 0 Å². The minimum absolute atomic E-state index is 0.111. The monoisotopic (exact) mass is 454 g/mol. The minimum atomic E-state index is -4.63. The molecule has 4 aromatic heterocycles. The van der Waals surface area contributed by atoms with Gasteiger partial charge in [0, 0.05) is 12.6 Å². The van der Waals surface area contributed by atoms with Gasteiger partial charge in [-0.1, -0.05) is 6.07 Å². The van der Waals surface area contributed by atoms with Gasteiger partial charge in [-0.05, 0) is 42.8 Å². The first kappa shape index (κ1) is 20.7. The second-order valence-electron chi connectivity index (χ2n) is 7.35. The van der Waals surface area contributed by atoms with E-state index in [1.165, 1.54) is 10.8 Å². The third kappa shape index (κ3) is 3.93. The Labute approximate surface area is 185 Å². The normalized spacial score (nSPS) is 11.9. The summed E-state index contributed by atoms with van der Waals surface area (Å²) in [6.45, 7) is 1.89. The van der Waals surface area contributed by atoms with E-state index in [-0.39, 0.29) is 23.7 Å². The molecule has 168 valence electrons. The molecule has 0 bridgehead atoms. The molecule has 33 heavy (non-hydrogen) atoms. The number of aryl methyl sites for hydroxylation is 1. The fourth-order valence-corrected chi connectivity index (χ4v) is 3.51. The molecule has 0 spiro atoms. The van der Waals surface area contributed by atoms with Gasteiger partial charge < -0.3 is 13.7 Å². The predicted molar refractivity (Wildman–Crippen MR) is 111 cm³/mol. The number of aromatic nitrogens is 6. The third-order valence-corrected chi connectivity index (χ3v) is 5.02. The zero-order valence-corrected chi connectivity index (χ0v) is 17.5. The highest BCUT2D eigenvalue weighted by molar-refractivity contribution is 5.57. The molecule has 5 rings (SSSR count). The van der Waals surface area contributed by atoms with Crippen molar-refractivity contribution in [2.24, 2.45) is 0 Å². The molecule has 0 unspecified atom stereocenters. The van der Waals surface area contributed by atoms with Crippen molar-refractivity contribution in [1.29, 1.82) is 0 Å². The lowest BCUT2D eigenvalue weighted by atomic mass is 10.1. The summed E-state index contributed by atoms with van der Waals surface area (Å²) in [6.07, 6.45) is 0.576. The largest absolute Gasteiger partial charge is 0.495 e. The van der Waals surface area contributed by atoms with E-state index >= 15 is 0 Å². The standard InChI is InChI=1S/C22H17F3N6O2/c1-13-11-30(12-26-13)15-6-5-14(8-18(15)32-2)9-20-28-21-27-19(22(23,24)25)10-16(31(21)29-20)17-4-3-7-33-17/h3-8,10-12H,9H2,1-2H3. The molecule has 1 aromatic carbocycles. The van der Waals surface area contributed by atoms with Crippen molar-refractivity contribution in [1.82, 2.24) is 29.1 Å². The molecule has 11 heteroatoms. The van der Waals surface area contributed by atoms with Crippen LogP contribution >= 0.6 is 0 Å². The molecule has 0 saturated heterocycles. The van der Waals surface area contributed by atoms with Crippen LogP contribution in [0.4, 0.5) is 13.2 Å². The molecule has 4 heterocycles. The van der Waals surface area contributed by atoms with Crippen molar-refractivity contribution in [3.63, 3.8) is 0 Å². The number of hydrogen-bond acceptors (Lipinski definition) is 6.